The van der Waals surface area contributed by atoms with Crippen molar-refractivity contribution in [3.8, 4) is 0 Å². The highest BCUT2D eigenvalue weighted by Gasteiger charge is 2.52. The van der Waals surface area contributed by atoms with E-state index in [1.165, 1.54) is 0 Å². The average molecular weight is 311 g/mol. The number of nitrogens with one attached hydrogen (secondary N) is 2. The van der Waals surface area contributed by atoms with E-state index in [2.05, 4.69) is 10.6 Å². The topological polar surface area (TPSA) is 116 Å². The van der Waals surface area contributed by atoms with Crippen LogP contribution in [0.25, 0.3) is 0 Å². The molecule has 4 amide bonds. The standard InChI is InChI=1S/C14H21N3O5/c18-10(15-8-3-4-11(19)20)5-9-17-12(21)14(16-13(17)22)6-1-2-7-14/h1-9H2,(H,15,18)(H,16,22)(H,19,20). The summed E-state index contributed by atoms with van der Waals surface area (Å²) >= 11 is 0. The molecule has 0 bridgehead atoms. The zero-order chi connectivity index (χ0) is 16.2. The normalized spacial score (nSPS) is 19.5. The first-order chi connectivity index (χ1) is 10.4. The molecule has 8 heteroatoms. The Bertz CT molecular complexity index is 485. The predicted octanol–water partition coefficient (Wildman–Crippen LogP) is 0.222. The molecule has 22 heavy (non-hydrogen) atoms. The van der Waals surface area contributed by atoms with Crippen molar-refractivity contribution in [2.75, 3.05) is 13.1 Å². The van der Waals surface area contributed by atoms with Crippen molar-refractivity contribution in [3.05, 3.63) is 0 Å². The lowest BCUT2D eigenvalue weighted by Gasteiger charge is -2.19. The highest BCUT2D eigenvalue weighted by molar-refractivity contribution is 6.07. The number of imide groups is 1. The van der Waals surface area contributed by atoms with Crippen molar-refractivity contribution in [3.63, 3.8) is 0 Å². The van der Waals surface area contributed by atoms with Crippen molar-refractivity contribution < 1.29 is 24.3 Å². The summed E-state index contributed by atoms with van der Waals surface area (Å²) in [4.78, 5) is 47.3. The zero-order valence-corrected chi connectivity index (χ0v) is 12.4. The van der Waals surface area contributed by atoms with Gasteiger partial charge in [-0.1, -0.05) is 12.8 Å². The lowest BCUT2D eigenvalue weighted by atomic mass is 9.98. The van der Waals surface area contributed by atoms with Gasteiger partial charge in [0, 0.05) is 25.9 Å². The van der Waals surface area contributed by atoms with Gasteiger partial charge in [0.25, 0.3) is 5.91 Å². The number of amides is 4. The molecule has 1 aliphatic carbocycles. The molecule has 2 rings (SSSR count). The van der Waals surface area contributed by atoms with Crippen LogP contribution in [0.15, 0.2) is 0 Å². The van der Waals surface area contributed by atoms with Gasteiger partial charge in [0.2, 0.25) is 5.91 Å². The van der Waals surface area contributed by atoms with Crippen LogP contribution in [0.1, 0.15) is 44.9 Å². The molecule has 1 heterocycles. The smallest absolute Gasteiger partial charge is 0.325 e. The fraction of sp³-hybridized carbons (Fsp3) is 0.714. The molecule has 0 radical (unpaired) electrons. The minimum absolute atomic E-state index is 0.00415. The predicted molar refractivity (Wildman–Crippen MR) is 75.9 cm³/mol. The van der Waals surface area contributed by atoms with E-state index >= 15 is 0 Å². The molecule has 3 N–H and O–H groups in total. The van der Waals surface area contributed by atoms with Crippen molar-refractivity contribution in [2.24, 2.45) is 0 Å². The molecule has 1 saturated heterocycles. The van der Waals surface area contributed by atoms with Gasteiger partial charge in [-0.05, 0) is 19.3 Å². The Kier molecular flexibility index (Phi) is 4.99. The fourth-order valence-electron chi connectivity index (χ4n) is 2.97. The molecular weight excluding hydrogens is 290 g/mol. The summed E-state index contributed by atoms with van der Waals surface area (Å²) in [5.41, 5.74) is -0.741. The third-order valence-corrected chi connectivity index (χ3v) is 4.16. The van der Waals surface area contributed by atoms with Crippen molar-refractivity contribution in [1.29, 1.82) is 0 Å². The number of nitrogens with zero attached hydrogens (tertiary/aromatic N) is 1. The number of aliphatic carboxylic acids is 1. The van der Waals surface area contributed by atoms with E-state index in [9.17, 15) is 19.2 Å². The highest BCUT2D eigenvalue weighted by Crippen LogP contribution is 2.34. The summed E-state index contributed by atoms with van der Waals surface area (Å²) in [6.45, 7) is 0.326. The SMILES string of the molecule is O=C(O)CCCNC(=O)CCN1C(=O)NC2(CCCC2)C1=O. The summed E-state index contributed by atoms with van der Waals surface area (Å²) in [5.74, 6) is -1.43. The van der Waals surface area contributed by atoms with Gasteiger partial charge in [-0.2, -0.15) is 0 Å². The van der Waals surface area contributed by atoms with Crippen LogP contribution in [0.3, 0.4) is 0 Å². The monoisotopic (exact) mass is 311 g/mol. The molecule has 8 nitrogen and oxygen atoms in total. The van der Waals surface area contributed by atoms with E-state index in [1.54, 1.807) is 0 Å². The minimum atomic E-state index is -0.907. The molecule has 0 atom stereocenters. The summed E-state index contributed by atoms with van der Waals surface area (Å²) < 4.78 is 0. The summed E-state index contributed by atoms with van der Waals surface area (Å²) in [7, 11) is 0. The van der Waals surface area contributed by atoms with Crippen LogP contribution in [-0.4, -0.2) is 52.4 Å². The van der Waals surface area contributed by atoms with Crippen LogP contribution >= 0.6 is 0 Å². The average Bonchev–Trinajstić information content (AvgIpc) is 3.01. The molecule has 1 spiro atoms. The second kappa shape index (κ2) is 6.76. The quantitative estimate of drug-likeness (QED) is 0.459. The first-order valence-electron chi connectivity index (χ1n) is 7.57. The largest absolute Gasteiger partial charge is 0.481 e. The first-order valence-corrected chi connectivity index (χ1v) is 7.57. The van der Waals surface area contributed by atoms with Crippen LogP contribution in [-0.2, 0) is 14.4 Å². The maximum Gasteiger partial charge on any atom is 0.325 e. The number of carboxylic acid groups (broad SMARTS) is 1. The number of hydrogen-bond donors (Lipinski definition) is 3. The van der Waals surface area contributed by atoms with Crippen molar-refractivity contribution >= 4 is 23.8 Å². The highest BCUT2D eigenvalue weighted by atomic mass is 16.4. The van der Waals surface area contributed by atoms with Gasteiger partial charge in [0.15, 0.2) is 0 Å². The second-order valence-electron chi connectivity index (χ2n) is 5.77. The Balaban J connectivity index is 1.74. The maximum atomic E-state index is 12.3. The summed E-state index contributed by atoms with van der Waals surface area (Å²) in [6.07, 6.45) is 3.55. The van der Waals surface area contributed by atoms with E-state index in [4.69, 9.17) is 5.11 Å². The number of carbonyl (C=O) groups excluding carboxylic acids is 3. The Morgan fingerprint density at radius 2 is 1.91 bits per heavy atom. The number of carbonyl (C=O) groups is 4. The Hall–Kier alpha value is -2.12. The molecule has 0 aromatic heterocycles. The van der Waals surface area contributed by atoms with Crippen LogP contribution in [0.4, 0.5) is 4.79 Å². The number of urea groups is 1. The molecule has 0 unspecified atom stereocenters. The number of carboxylic acids is 1. The Morgan fingerprint density at radius 3 is 2.55 bits per heavy atom. The number of hydrogen-bond acceptors (Lipinski definition) is 4. The zero-order valence-electron chi connectivity index (χ0n) is 12.4. The van der Waals surface area contributed by atoms with Crippen LogP contribution < -0.4 is 10.6 Å². The van der Waals surface area contributed by atoms with Gasteiger partial charge in [-0.25, -0.2) is 4.79 Å². The lowest BCUT2D eigenvalue weighted by molar-refractivity contribution is -0.137. The van der Waals surface area contributed by atoms with Gasteiger partial charge < -0.3 is 15.7 Å². The first kappa shape index (κ1) is 16.3. The van der Waals surface area contributed by atoms with Crippen molar-refractivity contribution in [2.45, 2.75) is 50.5 Å². The number of rotatable bonds is 7. The van der Waals surface area contributed by atoms with Crippen LogP contribution in [0, 0.1) is 0 Å². The lowest BCUT2D eigenvalue weighted by Crippen LogP contribution is -2.44. The molecule has 122 valence electrons. The Morgan fingerprint density at radius 1 is 1.23 bits per heavy atom. The third-order valence-electron chi connectivity index (χ3n) is 4.16. The fourth-order valence-corrected chi connectivity index (χ4v) is 2.97. The van der Waals surface area contributed by atoms with E-state index in [0.29, 0.717) is 19.3 Å². The molecule has 1 saturated carbocycles. The van der Waals surface area contributed by atoms with E-state index < -0.39 is 17.5 Å². The summed E-state index contributed by atoms with van der Waals surface area (Å²) in [6, 6.07) is -0.425. The molecular formula is C14H21N3O5. The van der Waals surface area contributed by atoms with E-state index in [1.807, 2.05) is 0 Å². The van der Waals surface area contributed by atoms with Gasteiger partial charge in [0.05, 0.1) is 0 Å². The van der Waals surface area contributed by atoms with E-state index in [-0.39, 0.29) is 37.7 Å². The Labute approximate surface area is 128 Å². The molecule has 2 aliphatic rings. The molecule has 0 aromatic carbocycles. The van der Waals surface area contributed by atoms with Crippen LogP contribution in [0.5, 0.6) is 0 Å². The minimum Gasteiger partial charge on any atom is -0.481 e. The van der Waals surface area contributed by atoms with Gasteiger partial charge in [-0.3, -0.25) is 19.3 Å². The third kappa shape index (κ3) is 3.55. The van der Waals surface area contributed by atoms with Gasteiger partial charge in [-0.15, -0.1) is 0 Å². The molecule has 2 fully saturated rings. The maximum absolute atomic E-state index is 12.3. The molecule has 0 aromatic rings. The second-order valence-corrected chi connectivity index (χ2v) is 5.77. The molecule has 1 aliphatic heterocycles. The van der Waals surface area contributed by atoms with Crippen LogP contribution in [0.2, 0.25) is 0 Å². The van der Waals surface area contributed by atoms with E-state index in [0.717, 1.165) is 17.7 Å². The summed E-state index contributed by atoms with van der Waals surface area (Å²) in [5, 5.41) is 13.8. The van der Waals surface area contributed by atoms with Gasteiger partial charge in [0.1, 0.15) is 5.54 Å². The van der Waals surface area contributed by atoms with Crippen molar-refractivity contribution in [1.82, 2.24) is 15.5 Å². The van der Waals surface area contributed by atoms with Gasteiger partial charge >= 0.3 is 12.0 Å².